The number of aliphatic hydroxyl groups excluding tert-OH is 1. The van der Waals surface area contributed by atoms with E-state index in [9.17, 15) is 9.59 Å². The number of hydrogen-bond acceptors (Lipinski definition) is 3. The monoisotopic (exact) mass is 230 g/mol. The van der Waals surface area contributed by atoms with Gasteiger partial charge in [0.25, 0.3) is 0 Å². The molecule has 16 heavy (non-hydrogen) atoms. The Morgan fingerprint density at radius 2 is 2.19 bits per heavy atom. The first kappa shape index (κ1) is 12.8. The number of carbonyl (C=O) groups is 2. The summed E-state index contributed by atoms with van der Waals surface area (Å²) in [5, 5.41) is 17.6. The lowest BCUT2D eigenvalue weighted by atomic mass is 9.99. The van der Waals surface area contributed by atoms with Gasteiger partial charge in [-0.3, -0.25) is 4.79 Å². The average molecular weight is 230 g/mol. The highest BCUT2D eigenvalue weighted by Crippen LogP contribution is 2.17. The van der Waals surface area contributed by atoms with Crippen molar-refractivity contribution >= 4 is 12.0 Å². The van der Waals surface area contributed by atoms with E-state index >= 15 is 0 Å². The van der Waals surface area contributed by atoms with E-state index in [1.54, 1.807) is 7.05 Å². The van der Waals surface area contributed by atoms with E-state index in [2.05, 4.69) is 0 Å². The summed E-state index contributed by atoms with van der Waals surface area (Å²) in [7, 11) is 1.60. The van der Waals surface area contributed by atoms with Crippen LogP contribution < -0.4 is 0 Å². The normalized spacial score (nSPS) is 20.6. The Kier molecular flexibility index (Phi) is 4.54. The summed E-state index contributed by atoms with van der Waals surface area (Å²) in [4.78, 5) is 25.6. The zero-order valence-electron chi connectivity index (χ0n) is 9.43. The molecule has 0 aromatic carbocycles. The lowest BCUT2D eigenvalue weighted by Crippen LogP contribution is -2.48. The lowest BCUT2D eigenvalue weighted by molar-refractivity contribution is -0.143. The third kappa shape index (κ3) is 3.10. The van der Waals surface area contributed by atoms with Crippen LogP contribution in [-0.4, -0.2) is 65.3 Å². The van der Waals surface area contributed by atoms with Crippen LogP contribution in [0.4, 0.5) is 4.79 Å². The van der Waals surface area contributed by atoms with Gasteiger partial charge in [0.15, 0.2) is 0 Å². The molecule has 1 fully saturated rings. The van der Waals surface area contributed by atoms with Crippen LogP contribution in [0.2, 0.25) is 0 Å². The van der Waals surface area contributed by atoms with Crippen molar-refractivity contribution in [1.82, 2.24) is 9.80 Å². The Bertz CT molecular complexity index is 270. The van der Waals surface area contributed by atoms with Crippen molar-refractivity contribution in [3.63, 3.8) is 0 Å². The number of aliphatic carboxylic acids is 1. The van der Waals surface area contributed by atoms with E-state index in [4.69, 9.17) is 10.2 Å². The number of likely N-dealkylation sites (N-methyl/N-ethyl adjacent to an activating group) is 1. The minimum Gasteiger partial charge on any atom is -0.481 e. The van der Waals surface area contributed by atoms with Gasteiger partial charge < -0.3 is 20.0 Å². The van der Waals surface area contributed by atoms with Gasteiger partial charge >= 0.3 is 12.0 Å². The largest absolute Gasteiger partial charge is 0.481 e. The van der Waals surface area contributed by atoms with E-state index in [0.29, 0.717) is 13.0 Å². The summed E-state index contributed by atoms with van der Waals surface area (Å²) < 4.78 is 0. The fourth-order valence-corrected chi connectivity index (χ4v) is 1.84. The molecule has 1 aliphatic rings. The van der Waals surface area contributed by atoms with Crippen molar-refractivity contribution in [1.29, 1.82) is 0 Å². The van der Waals surface area contributed by atoms with Crippen LogP contribution in [0.15, 0.2) is 0 Å². The molecule has 1 aliphatic heterocycles. The summed E-state index contributed by atoms with van der Waals surface area (Å²) in [6.45, 7) is 1.05. The molecule has 0 spiro atoms. The minimum absolute atomic E-state index is 0.0849. The van der Waals surface area contributed by atoms with Crippen molar-refractivity contribution < 1.29 is 19.8 Å². The first-order valence-electron chi connectivity index (χ1n) is 5.40. The molecule has 6 heteroatoms. The second-order valence-electron chi connectivity index (χ2n) is 4.05. The van der Waals surface area contributed by atoms with Gasteiger partial charge in [0.2, 0.25) is 0 Å². The summed E-state index contributed by atoms with van der Waals surface area (Å²) >= 11 is 0. The third-order valence-corrected chi connectivity index (χ3v) is 2.80. The van der Waals surface area contributed by atoms with Crippen LogP contribution in [0.25, 0.3) is 0 Å². The van der Waals surface area contributed by atoms with Crippen LogP contribution >= 0.6 is 0 Å². The van der Waals surface area contributed by atoms with Crippen molar-refractivity contribution in [3.8, 4) is 0 Å². The number of carboxylic acids is 1. The van der Waals surface area contributed by atoms with Gasteiger partial charge in [-0.05, 0) is 12.8 Å². The summed E-state index contributed by atoms with van der Waals surface area (Å²) in [5.41, 5.74) is 0. The van der Waals surface area contributed by atoms with Gasteiger partial charge in [-0.25, -0.2) is 4.79 Å². The fourth-order valence-electron chi connectivity index (χ4n) is 1.84. The highest BCUT2D eigenvalue weighted by Gasteiger charge is 2.29. The zero-order chi connectivity index (χ0) is 12.1. The predicted molar refractivity (Wildman–Crippen MR) is 57.0 cm³/mol. The van der Waals surface area contributed by atoms with E-state index in [-0.39, 0.29) is 25.7 Å². The van der Waals surface area contributed by atoms with Gasteiger partial charge in [-0.15, -0.1) is 0 Å². The number of rotatable bonds is 3. The maximum atomic E-state index is 11.8. The maximum absolute atomic E-state index is 11.8. The predicted octanol–water partition coefficient (Wildman–Crippen LogP) is -0.173. The van der Waals surface area contributed by atoms with Gasteiger partial charge in [-0.2, -0.15) is 0 Å². The molecular formula is C10H18N2O4. The smallest absolute Gasteiger partial charge is 0.319 e. The highest BCUT2D eigenvalue weighted by molar-refractivity contribution is 5.76. The Hall–Kier alpha value is -1.30. The third-order valence-electron chi connectivity index (χ3n) is 2.80. The molecule has 0 bridgehead atoms. The topological polar surface area (TPSA) is 81.1 Å². The van der Waals surface area contributed by atoms with Crippen LogP contribution in [0.5, 0.6) is 0 Å². The van der Waals surface area contributed by atoms with E-state index in [1.165, 1.54) is 9.80 Å². The first-order chi connectivity index (χ1) is 7.56. The molecule has 6 nitrogen and oxygen atoms in total. The average Bonchev–Trinajstić information content (AvgIpc) is 2.28. The van der Waals surface area contributed by atoms with Crippen LogP contribution in [0, 0.1) is 5.92 Å². The summed E-state index contributed by atoms with van der Waals surface area (Å²) in [6.07, 6.45) is 1.35. The molecule has 0 saturated carbocycles. The SMILES string of the molecule is CN(CCO)C(=O)N1CCC[C@@H](C(=O)O)C1. The number of likely N-dealkylation sites (tertiary alicyclic amines) is 1. The van der Waals surface area contributed by atoms with Crippen LogP contribution in [0.3, 0.4) is 0 Å². The Morgan fingerprint density at radius 1 is 1.50 bits per heavy atom. The number of urea groups is 1. The standard InChI is InChI=1S/C10H18N2O4/c1-11(5-6-13)10(16)12-4-2-3-8(7-12)9(14)15/h8,13H,2-7H2,1H3,(H,14,15)/t8-/m1/s1. The lowest BCUT2D eigenvalue weighted by Gasteiger charge is -2.33. The van der Waals surface area contributed by atoms with Crippen molar-refractivity contribution in [3.05, 3.63) is 0 Å². The van der Waals surface area contributed by atoms with Crippen LogP contribution in [-0.2, 0) is 4.79 Å². The molecule has 0 aliphatic carbocycles. The van der Waals surface area contributed by atoms with Gasteiger partial charge in [0, 0.05) is 26.7 Å². The van der Waals surface area contributed by atoms with E-state index < -0.39 is 11.9 Å². The minimum atomic E-state index is -0.845. The molecule has 0 aromatic rings. The number of nitrogens with zero attached hydrogens (tertiary/aromatic N) is 2. The number of carboxylic acid groups (broad SMARTS) is 1. The molecule has 1 rings (SSSR count). The molecular weight excluding hydrogens is 212 g/mol. The molecule has 1 atom stereocenters. The maximum Gasteiger partial charge on any atom is 0.319 e. The molecule has 0 unspecified atom stereocenters. The van der Waals surface area contributed by atoms with Gasteiger partial charge in [-0.1, -0.05) is 0 Å². The first-order valence-corrected chi connectivity index (χ1v) is 5.40. The van der Waals surface area contributed by atoms with Crippen molar-refractivity contribution in [2.75, 3.05) is 33.3 Å². The molecule has 92 valence electrons. The van der Waals surface area contributed by atoms with Crippen molar-refractivity contribution in [2.24, 2.45) is 5.92 Å². The number of aliphatic hydroxyl groups is 1. The molecule has 0 radical (unpaired) electrons. The van der Waals surface area contributed by atoms with Crippen LogP contribution in [0.1, 0.15) is 12.8 Å². The van der Waals surface area contributed by atoms with E-state index in [0.717, 1.165) is 6.42 Å². The quantitative estimate of drug-likeness (QED) is 0.705. The number of hydrogen-bond donors (Lipinski definition) is 2. The molecule has 1 heterocycles. The number of piperidine rings is 1. The van der Waals surface area contributed by atoms with Gasteiger partial charge in [0.05, 0.1) is 12.5 Å². The molecule has 0 aromatic heterocycles. The highest BCUT2D eigenvalue weighted by atomic mass is 16.4. The second kappa shape index (κ2) is 5.69. The van der Waals surface area contributed by atoms with Crippen molar-refractivity contribution in [2.45, 2.75) is 12.8 Å². The zero-order valence-corrected chi connectivity index (χ0v) is 9.43. The molecule has 2 N–H and O–H groups in total. The second-order valence-corrected chi connectivity index (χ2v) is 4.05. The Labute approximate surface area is 94.4 Å². The Morgan fingerprint density at radius 3 is 2.75 bits per heavy atom. The van der Waals surface area contributed by atoms with Gasteiger partial charge in [0.1, 0.15) is 0 Å². The molecule has 2 amide bonds. The molecule has 1 saturated heterocycles. The fraction of sp³-hybridized carbons (Fsp3) is 0.800. The number of amides is 2. The Balaban J connectivity index is 2.53. The number of carbonyl (C=O) groups excluding carboxylic acids is 1. The summed E-state index contributed by atoms with van der Waals surface area (Å²) in [6, 6.07) is -0.208. The summed E-state index contributed by atoms with van der Waals surface area (Å²) in [5.74, 6) is -1.30. The van der Waals surface area contributed by atoms with E-state index in [1.807, 2.05) is 0 Å².